The van der Waals surface area contributed by atoms with Crippen molar-refractivity contribution in [1.82, 2.24) is 25.4 Å². The smallest absolute Gasteiger partial charge is 0.191 e. The lowest BCUT2D eigenvalue weighted by molar-refractivity contribution is 0.627. The largest absolute Gasteiger partial charge is 0.356 e. The summed E-state index contributed by atoms with van der Waals surface area (Å²) < 4.78 is 14.8. The number of thiazole rings is 1. The molecule has 9 heteroatoms. The Kier molecular flexibility index (Phi) is 8.36. The molecule has 150 valence electrons. The van der Waals surface area contributed by atoms with Crippen LogP contribution in [0.25, 0.3) is 5.69 Å². The zero-order valence-electron chi connectivity index (χ0n) is 16.1. The van der Waals surface area contributed by atoms with Crippen molar-refractivity contribution in [3.63, 3.8) is 0 Å². The van der Waals surface area contributed by atoms with E-state index in [9.17, 15) is 4.39 Å². The fraction of sp³-hybridized carbons (Fsp3) is 0.316. The molecule has 0 aliphatic rings. The predicted molar refractivity (Wildman–Crippen MR) is 122 cm³/mol. The van der Waals surface area contributed by atoms with Crippen LogP contribution in [0.5, 0.6) is 0 Å². The fourth-order valence-electron chi connectivity index (χ4n) is 2.66. The van der Waals surface area contributed by atoms with E-state index in [1.807, 2.05) is 26.1 Å². The van der Waals surface area contributed by atoms with Gasteiger partial charge in [0.05, 0.1) is 28.6 Å². The van der Waals surface area contributed by atoms with Gasteiger partial charge in [-0.15, -0.1) is 35.3 Å². The topological polar surface area (TPSA) is 67.1 Å². The second-order valence-electron chi connectivity index (χ2n) is 6.07. The second kappa shape index (κ2) is 10.5. The van der Waals surface area contributed by atoms with Gasteiger partial charge in [-0.2, -0.15) is 5.10 Å². The highest BCUT2D eigenvalue weighted by Crippen LogP contribution is 2.16. The molecule has 0 bridgehead atoms. The van der Waals surface area contributed by atoms with Gasteiger partial charge in [0.1, 0.15) is 5.82 Å². The van der Waals surface area contributed by atoms with Gasteiger partial charge in [-0.05, 0) is 44.2 Å². The summed E-state index contributed by atoms with van der Waals surface area (Å²) in [6.07, 6.45) is 2.64. The Bertz CT molecular complexity index is 919. The van der Waals surface area contributed by atoms with Crippen LogP contribution in [0.4, 0.5) is 4.39 Å². The standard InChI is InChI=1S/C19H23FN6S.HI/c1-13-18(27-14(2)24-13)12-23-19(21-3)22-10-8-16-9-11-26(25-16)17-6-4-15(20)5-7-17;/h4-7,9,11H,8,10,12H2,1-3H3,(H2,21,22,23);1H. The van der Waals surface area contributed by atoms with E-state index < -0.39 is 0 Å². The lowest BCUT2D eigenvalue weighted by Crippen LogP contribution is -2.37. The number of benzene rings is 1. The molecule has 0 fully saturated rings. The monoisotopic (exact) mass is 514 g/mol. The zero-order chi connectivity index (χ0) is 19.2. The Hall–Kier alpha value is -2.01. The molecule has 3 rings (SSSR count). The first-order valence-corrected chi connectivity index (χ1v) is 9.54. The lowest BCUT2D eigenvalue weighted by Gasteiger charge is -2.10. The second-order valence-corrected chi connectivity index (χ2v) is 7.36. The molecule has 2 heterocycles. The van der Waals surface area contributed by atoms with Crippen LogP contribution in [0, 0.1) is 19.7 Å². The van der Waals surface area contributed by atoms with Gasteiger partial charge < -0.3 is 10.6 Å². The maximum atomic E-state index is 13.0. The van der Waals surface area contributed by atoms with Gasteiger partial charge in [0.15, 0.2) is 5.96 Å². The third-order valence-corrected chi connectivity index (χ3v) is 5.12. The van der Waals surface area contributed by atoms with Gasteiger partial charge in [0, 0.05) is 31.1 Å². The van der Waals surface area contributed by atoms with E-state index >= 15 is 0 Å². The number of nitrogens with zero attached hydrogens (tertiary/aromatic N) is 4. The molecule has 6 nitrogen and oxygen atoms in total. The van der Waals surface area contributed by atoms with E-state index in [1.54, 1.807) is 35.2 Å². The molecule has 0 amide bonds. The third kappa shape index (κ3) is 5.99. The van der Waals surface area contributed by atoms with Crippen molar-refractivity contribution in [1.29, 1.82) is 0 Å². The summed E-state index contributed by atoms with van der Waals surface area (Å²) in [4.78, 5) is 9.90. The average Bonchev–Trinajstić information content (AvgIpc) is 3.24. The van der Waals surface area contributed by atoms with Crippen molar-refractivity contribution < 1.29 is 4.39 Å². The van der Waals surface area contributed by atoms with Crippen LogP contribution in [0.15, 0.2) is 41.5 Å². The summed E-state index contributed by atoms with van der Waals surface area (Å²) in [6, 6.07) is 8.24. The van der Waals surface area contributed by atoms with Crippen molar-refractivity contribution in [2.75, 3.05) is 13.6 Å². The molecule has 0 atom stereocenters. The Balaban J connectivity index is 0.00000280. The Morgan fingerprint density at radius 1 is 1.18 bits per heavy atom. The van der Waals surface area contributed by atoms with Crippen LogP contribution in [-0.2, 0) is 13.0 Å². The quantitative estimate of drug-likeness (QED) is 0.300. The van der Waals surface area contributed by atoms with Crippen molar-refractivity contribution in [3.05, 3.63) is 63.6 Å². The highest BCUT2D eigenvalue weighted by molar-refractivity contribution is 14.0. The minimum absolute atomic E-state index is 0. The van der Waals surface area contributed by atoms with Gasteiger partial charge in [-0.3, -0.25) is 4.99 Å². The SMILES string of the molecule is CN=C(NCCc1ccn(-c2ccc(F)cc2)n1)NCc1sc(C)nc1C.I. The van der Waals surface area contributed by atoms with Crippen LogP contribution in [-0.4, -0.2) is 34.3 Å². The van der Waals surface area contributed by atoms with E-state index in [2.05, 4.69) is 25.7 Å². The number of hydrogen-bond acceptors (Lipinski definition) is 4. The number of aromatic nitrogens is 3. The summed E-state index contributed by atoms with van der Waals surface area (Å²) >= 11 is 1.70. The zero-order valence-corrected chi connectivity index (χ0v) is 19.2. The number of nitrogens with one attached hydrogen (secondary N) is 2. The first kappa shape index (κ1) is 22.3. The molecule has 0 saturated heterocycles. The van der Waals surface area contributed by atoms with Gasteiger partial charge in [-0.25, -0.2) is 14.1 Å². The third-order valence-electron chi connectivity index (χ3n) is 4.05. The molecule has 0 saturated carbocycles. The molecule has 2 N–H and O–H groups in total. The molecular weight excluding hydrogens is 490 g/mol. The number of halogens is 2. The lowest BCUT2D eigenvalue weighted by atomic mass is 10.3. The van der Waals surface area contributed by atoms with Gasteiger partial charge in [-0.1, -0.05) is 0 Å². The van der Waals surface area contributed by atoms with E-state index in [4.69, 9.17) is 0 Å². The Labute approximate surface area is 185 Å². The minimum atomic E-state index is -0.252. The molecule has 0 aliphatic carbocycles. The average molecular weight is 514 g/mol. The molecule has 1 aromatic carbocycles. The molecule has 0 spiro atoms. The molecule has 0 unspecified atom stereocenters. The van der Waals surface area contributed by atoms with Crippen LogP contribution in [0.1, 0.15) is 21.3 Å². The van der Waals surface area contributed by atoms with Gasteiger partial charge in [0.25, 0.3) is 0 Å². The Morgan fingerprint density at radius 3 is 2.57 bits per heavy atom. The molecular formula is C19H24FIN6S. The first-order valence-electron chi connectivity index (χ1n) is 8.73. The predicted octanol–water partition coefficient (Wildman–Crippen LogP) is 3.61. The summed E-state index contributed by atoms with van der Waals surface area (Å²) in [5.74, 6) is 0.497. The van der Waals surface area contributed by atoms with Gasteiger partial charge >= 0.3 is 0 Å². The van der Waals surface area contributed by atoms with Crippen molar-refractivity contribution in [2.45, 2.75) is 26.8 Å². The van der Waals surface area contributed by atoms with Crippen LogP contribution in [0.3, 0.4) is 0 Å². The minimum Gasteiger partial charge on any atom is -0.356 e. The summed E-state index contributed by atoms with van der Waals surface area (Å²) in [7, 11) is 1.75. The van der Waals surface area contributed by atoms with E-state index in [-0.39, 0.29) is 29.8 Å². The summed E-state index contributed by atoms with van der Waals surface area (Å²) in [5, 5.41) is 12.2. The highest BCUT2D eigenvalue weighted by Gasteiger charge is 2.06. The van der Waals surface area contributed by atoms with Crippen molar-refractivity contribution in [3.8, 4) is 5.69 Å². The number of rotatable bonds is 6. The number of hydrogen-bond donors (Lipinski definition) is 2. The van der Waals surface area contributed by atoms with Crippen LogP contribution in [0.2, 0.25) is 0 Å². The molecule has 28 heavy (non-hydrogen) atoms. The summed E-state index contributed by atoms with van der Waals surface area (Å²) in [5.41, 5.74) is 2.85. The maximum Gasteiger partial charge on any atom is 0.191 e. The van der Waals surface area contributed by atoms with E-state index in [0.29, 0.717) is 13.1 Å². The van der Waals surface area contributed by atoms with Crippen LogP contribution >= 0.6 is 35.3 Å². The van der Waals surface area contributed by atoms with Crippen molar-refractivity contribution in [2.24, 2.45) is 4.99 Å². The number of aliphatic imine (C=N–C) groups is 1. The molecule has 2 aromatic heterocycles. The van der Waals surface area contributed by atoms with E-state index in [1.165, 1.54) is 17.0 Å². The van der Waals surface area contributed by atoms with E-state index in [0.717, 1.165) is 34.5 Å². The number of aryl methyl sites for hydroxylation is 2. The molecule has 0 radical (unpaired) electrons. The first-order chi connectivity index (χ1) is 13.0. The van der Waals surface area contributed by atoms with Gasteiger partial charge in [0.2, 0.25) is 0 Å². The summed E-state index contributed by atoms with van der Waals surface area (Å²) in [6.45, 7) is 5.45. The Morgan fingerprint density at radius 2 is 1.93 bits per heavy atom. The maximum absolute atomic E-state index is 13.0. The molecule has 0 aliphatic heterocycles. The highest BCUT2D eigenvalue weighted by atomic mass is 127. The molecule has 3 aromatic rings. The number of guanidine groups is 1. The van der Waals surface area contributed by atoms with Crippen LogP contribution < -0.4 is 10.6 Å². The van der Waals surface area contributed by atoms with Crippen molar-refractivity contribution >= 4 is 41.3 Å². The fourth-order valence-corrected chi connectivity index (χ4v) is 3.54. The normalized spacial score (nSPS) is 11.2.